The van der Waals surface area contributed by atoms with Crippen LogP contribution < -0.4 is 5.32 Å². The standard InChI is InChI=1S/C20H30N6O2/c1-4-14-9-16(25-24-14)11-26-8-7-20(28-3)6-5-15(10-17(20)26)23-19(27)18-13(2)21-12-22-18/h9,12,15,17H,4-8,10-11H2,1-3H3,(H,21,22)(H,23,27)(H,24,25)/t15-,17+,20-/m1/s1. The number of hydrogen-bond acceptors (Lipinski definition) is 5. The minimum Gasteiger partial charge on any atom is -0.377 e. The Hall–Kier alpha value is -2.19. The lowest BCUT2D eigenvalue weighted by Gasteiger charge is -2.44. The number of nitrogens with one attached hydrogen (secondary N) is 3. The van der Waals surface area contributed by atoms with Gasteiger partial charge >= 0.3 is 0 Å². The fourth-order valence-corrected chi connectivity index (χ4v) is 4.84. The van der Waals surface area contributed by atoms with Crippen molar-refractivity contribution < 1.29 is 9.53 Å². The summed E-state index contributed by atoms with van der Waals surface area (Å²) in [5, 5.41) is 10.7. The summed E-state index contributed by atoms with van der Waals surface area (Å²) in [5.74, 6) is -0.0978. The number of likely N-dealkylation sites (tertiary alicyclic amines) is 1. The first-order chi connectivity index (χ1) is 13.5. The van der Waals surface area contributed by atoms with E-state index in [1.807, 2.05) is 14.0 Å². The third-order valence-corrected chi connectivity index (χ3v) is 6.50. The number of H-pyrrole nitrogens is 2. The minimum atomic E-state index is -0.114. The molecule has 2 fully saturated rings. The second kappa shape index (κ2) is 7.67. The van der Waals surface area contributed by atoms with Crippen molar-refractivity contribution in [1.82, 2.24) is 30.4 Å². The molecule has 1 saturated carbocycles. The van der Waals surface area contributed by atoms with Gasteiger partial charge in [0.15, 0.2) is 0 Å². The Morgan fingerprint density at radius 3 is 3.00 bits per heavy atom. The largest absolute Gasteiger partial charge is 0.377 e. The van der Waals surface area contributed by atoms with Crippen molar-refractivity contribution in [3.63, 3.8) is 0 Å². The van der Waals surface area contributed by atoms with E-state index in [2.05, 4.69) is 43.4 Å². The summed E-state index contributed by atoms with van der Waals surface area (Å²) in [5.41, 5.74) is 3.40. The molecule has 0 spiro atoms. The maximum absolute atomic E-state index is 12.6. The van der Waals surface area contributed by atoms with Crippen LogP contribution in [0.1, 0.15) is 60.2 Å². The van der Waals surface area contributed by atoms with Crippen molar-refractivity contribution in [2.75, 3.05) is 13.7 Å². The van der Waals surface area contributed by atoms with Crippen molar-refractivity contribution in [2.45, 2.75) is 70.2 Å². The highest BCUT2D eigenvalue weighted by atomic mass is 16.5. The van der Waals surface area contributed by atoms with Crippen LogP contribution in [0.5, 0.6) is 0 Å². The third-order valence-electron chi connectivity index (χ3n) is 6.50. The number of carbonyl (C=O) groups excluding carboxylic acids is 1. The summed E-state index contributed by atoms with van der Waals surface area (Å²) in [6.45, 7) is 5.81. The Morgan fingerprint density at radius 1 is 1.46 bits per heavy atom. The van der Waals surface area contributed by atoms with E-state index in [4.69, 9.17) is 4.74 Å². The molecule has 0 bridgehead atoms. The molecule has 1 aliphatic carbocycles. The van der Waals surface area contributed by atoms with Crippen molar-refractivity contribution in [2.24, 2.45) is 0 Å². The maximum Gasteiger partial charge on any atom is 0.271 e. The second-order valence-corrected chi connectivity index (χ2v) is 8.06. The molecule has 1 saturated heterocycles. The molecule has 1 aliphatic heterocycles. The van der Waals surface area contributed by atoms with Crippen LogP contribution in [0.2, 0.25) is 0 Å². The van der Waals surface area contributed by atoms with Gasteiger partial charge < -0.3 is 15.0 Å². The van der Waals surface area contributed by atoms with Crippen LogP contribution in [0.15, 0.2) is 12.4 Å². The van der Waals surface area contributed by atoms with Gasteiger partial charge in [-0.1, -0.05) is 6.92 Å². The molecule has 0 radical (unpaired) electrons. The average Bonchev–Trinajstić information content (AvgIpc) is 3.42. The molecule has 8 heteroatoms. The zero-order valence-electron chi connectivity index (χ0n) is 16.9. The van der Waals surface area contributed by atoms with Crippen molar-refractivity contribution in [1.29, 1.82) is 0 Å². The first-order valence-corrected chi connectivity index (χ1v) is 10.2. The maximum atomic E-state index is 12.6. The Balaban J connectivity index is 1.45. The van der Waals surface area contributed by atoms with Gasteiger partial charge in [0.25, 0.3) is 5.91 Å². The number of rotatable bonds is 6. The number of ether oxygens (including phenoxy) is 1. The van der Waals surface area contributed by atoms with Gasteiger partial charge in [0.05, 0.1) is 17.6 Å². The molecular formula is C20H30N6O2. The van der Waals surface area contributed by atoms with Gasteiger partial charge in [-0.2, -0.15) is 5.10 Å². The molecule has 2 aromatic heterocycles. The van der Waals surface area contributed by atoms with E-state index in [1.165, 1.54) is 0 Å². The molecule has 3 atom stereocenters. The Labute approximate surface area is 165 Å². The molecule has 2 aliphatic rings. The number of fused-ring (bicyclic) bond motifs is 1. The van der Waals surface area contributed by atoms with Crippen molar-refractivity contribution >= 4 is 5.91 Å². The highest BCUT2D eigenvalue weighted by Gasteiger charge is 2.51. The fraction of sp³-hybridized carbons (Fsp3) is 0.650. The number of nitrogens with zero attached hydrogens (tertiary/aromatic N) is 3. The predicted octanol–water partition coefficient (Wildman–Crippen LogP) is 1.95. The second-order valence-electron chi connectivity index (χ2n) is 8.06. The number of aromatic amines is 2. The fourth-order valence-electron chi connectivity index (χ4n) is 4.84. The van der Waals surface area contributed by atoms with Gasteiger partial charge in [-0.15, -0.1) is 0 Å². The molecule has 0 unspecified atom stereocenters. The summed E-state index contributed by atoms with van der Waals surface area (Å²) in [6, 6.07) is 2.56. The van der Waals surface area contributed by atoms with Crippen LogP contribution in [0.3, 0.4) is 0 Å². The molecule has 4 rings (SSSR count). The number of carbonyl (C=O) groups is 1. The number of methoxy groups -OCH3 is 1. The van der Waals surface area contributed by atoms with Crippen LogP contribution in [-0.2, 0) is 17.7 Å². The molecule has 0 aromatic carbocycles. The highest BCUT2D eigenvalue weighted by Crippen LogP contribution is 2.43. The summed E-state index contributed by atoms with van der Waals surface area (Å²) in [7, 11) is 1.83. The van der Waals surface area contributed by atoms with E-state index in [1.54, 1.807) is 6.33 Å². The topological polar surface area (TPSA) is 98.9 Å². The van der Waals surface area contributed by atoms with Crippen LogP contribution >= 0.6 is 0 Å². The number of aryl methyl sites for hydroxylation is 2. The average molecular weight is 387 g/mol. The van der Waals surface area contributed by atoms with E-state index in [9.17, 15) is 4.79 Å². The minimum absolute atomic E-state index is 0.0978. The van der Waals surface area contributed by atoms with Gasteiger partial charge in [0.2, 0.25) is 0 Å². The number of aromatic nitrogens is 4. The summed E-state index contributed by atoms with van der Waals surface area (Å²) >= 11 is 0. The van der Waals surface area contributed by atoms with E-state index >= 15 is 0 Å². The van der Waals surface area contributed by atoms with Crippen LogP contribution in [0, 0.1) is 6.92 Å². The molecule has 8 nitrogen and oxygen atoms in total. The van der Waals surface area contributed by atoms with E-state index < -0.39 is 0 Å². The Bertz CT molecular complexity index is 830. The monoisotopic (exact) mass is 386 g/mol. The first-order valence-electron chi connectivity index (χ1n) is 10.2. The zero-order valence-corrected chi connectivity index (χ0v) is 16.9. The summed E-state index contributed by atoms with van der Waals surface area (Å²) in [4.78, 5) is 22.2. The molecule has 3 heterocycles. The molecule has 152 valence electrons. The van der Waals surface area contributed by atoms with Gasteiger partial charge in [0, 0.05) is 43.7 Å². The molecule has 1 amide bonds. The smallest absolute Gasteiger partial charge is 0.271 e. The highest BCUT2D eigenvalue weighted by molar-refractivity contribution is 5.93. The predicted molar refractivity (Wildman–Crippen MR) is 105 cm³/mol. The quantitative estimate of drug-likeness (QED) is 0.705. The number of amides is 1. The third kappa shape index (κ3) is 3.46. The van der Waals surface area contributed by atoms with Crippen molar-refractivity contribution in [3.05, 3.63) is 35.2 Å². The van der Waals surface area contributed by atoms with Crippen molar-refractivity contribution in [3.8, 4) is 0 Å². The lowest BCUT2D eigenvalue weighted by molar-refractivity contribution is -0.0679. The zero-order chi connectivity index (χ0) is 19.7. The Kier molecular flexibility index (Phi) is 5.25. The normalized spacial score (nSPS) is 27.7. The summed E-state index contributed by atoms with van der Waals surface area (Å²) in [6.07, 6.45) is 6.30. The Morgan fingerprint density at radius 2 is 2.32 bits per heavy atom. The van der Waals surface area contributed by atoms with Crippen LogP contribution in [-0.4, -0.2) is 62.3 Å². The van der Waals surface area contributed by atoms with Gasteiger partial charge in [0.1, 0.15) is 5.69 Å². The summed E-state index contributed by atoms with van der Waals surface area (Å²) < 4.78 is 6.04. The van der Waals surface area contributed by atoms with E-state index in [0.717, 1.165) is 62.3 Å². The first kappa shape index (κ1) is 19.1. The molecule has 2 aromatic rings. The number of hydrogen-bond donors (Lipinski definition) is 3. The molecule has 28 heavy (non-hydrogen) atoms. The lowest BCUT2D eigenvalue weighted by Crippen LogP contribution is -2.54. The van der Waals surface area contributed by atoms with Crippen LogP contribution in [0.25, 0.3) is 0 Å². The molecule has 3 N–H and O–H groups in total. The van der Waals surface area contributed by atoms with Gasteiger partial charge in [-0.25, -0.2) is 4.98 Å². The van der Waals surface area contributed by atoms with Gasteiger partial charge in [-0.3, -0.25) is 14.8 Å². The van der Waals surface area contributed by atoms with E-state index in [-0.39, 0.29) is 23.6 Å². The number of imidazole rings is 1. The van der Waals surface area contributed by atoms with Crippen LogP contribution in [0.4, 0.5) is 0 Å². The van der Waals surface area contributed by atoms with E-state index in [0.29, 0.717) is 5.69 Å². The molecular weight excluding hydrogens is 356 g/mol. The lowest BCUT2D eigenvalue weighted by atomic mass is 9.78. The SMILES string of the molecule is CCc1cc(CN2CC[C@]3(OC)CC[C@@H](NC(=O)c4nc[nH]c4C)C[C@H]23)[nH]n1. The van der Waals surface area contributed by atoms with Gasteiger partial charge in [-0.05, 0) is 45.1 Å².